The van der Waals surface area contributed by atoms with Gasteiger partial charge in [-0.1, -0.05) is 19.8 Å². The second kappa shape index (κ2) is 7.75. The molecule has 5 nitrogen and oxygen atoms in total. The Labute approximate surface area is 131 Å². The molecule has 1 atom stereocenters. The van der Waals surface area contributed by atoms with Crippen LogP contribution in [-0.2, 0) is 0 Å². The third kappa shape index (κ3) is 4.18. The lowest BCUT2D eigenvalue weighted by atomic mass is 10.1. The van der Waals surface area contributed by atoms with E-state index in [9.17, 15) is 4.79 Å². The molecule has 0 aliphatic carbocycles. The fourth-order valence-corrected chi connectivity index (χ4v) is 2.29. The van der Waals surface area contributed by atoms with E-state index in [0.717, 1.165) is 30.5 Å². The highest BCUT2D eigenvalue weighted by Gasteiger charge is 2.12. The summed E-state index contributed by atoms with van der Waals surface area (Å²) >= 11 is 0. The molecule has 0 spiro atoms. The molecule has 0 fully saturated rings. The van der Waals surface area contributed by atoms with Gasteiger partial charge in [-0.3, -0.25) is 4.79 Å². The van der Waals surface area contributed by atoms with Gasteiger partial charge in [0, 0.05) is 24.3 Å². The first-order valence-corrected chi connectivity index (χ1v) is 7.76. The number of unbranched alkanes of at least 4 members (excludes halogenated alkanes) is 1. The molecule has 0 aliphatic rings. The van der Waals surface area contributed by atoms with Gasteiger partial charge in [-0.25, -0.2) is 4.68 Å². The van der Waals surface area contributed by atoms with E-state index in [1.165, 1.54) is 0 Å². The zero-order valence-corrected chi connectivity index (χ0v) is 13.2. The lowest BCUT2D eigenvalue weighted by Crippen LogP contribution is -2.40. The van der Waals surface area contributed by atoms with Crippen molar-refractivity contribution in [3.05, 3.63) is 47.8 Å². The van der Waals surface area contributed by atoms with Crippen LogP contribution in [0.25, 0.3) is 5.69 Å². The molecule has 118 valence electrons. The van der Waals surface area contributed by atoms with Crippen LogP contribution in [0.3, 0.4) is 0 Å². The molecular formula is C17H24N4O. The smallest absolute Gasteiger partial charge is 0.251 e. The van der Waals surface area contributed by atoms with Gasteiger partial charge in [-0.2, -0.15) is 5.10 Å². The van der Waals surface area contributed by atoms with Crippen molar-refractivity contribution in [3.63, 3.8) is 0 Å². The molecule has 3 N–H and O–H groups in total. The van der Waals surface area contributed by atoms with Crippen molar-refractivity contribution in [1.29, 1.82) is 0 Å². The highest BCUT2D eigenvalue weighted by molar-refractivity contribution is 5.94. The van der Waals surface area contributed by atoms with E-state index in [-0.39, 0.29) is 11.9 Å². The summed E-state index contributed by atoms with van der Waals surface area (Å²) in [5.74, 6) is -0.0743. The second-order valence-electron chi connectivity index (χ2n) is 5.56. The largest absolute Gasteiger partial charge is 0.348 e. The minimum absolute atomic E-state index is 0.0425. The van der Waals surface area contributed by atoms with Crippen molar-refractivity contribution in [2.45, 2.75) is 39.2 Å². The number of benzene rings is 1. The number of nitrogens with one attached hydrogen (secondary N) is 1. The average molecular weight is 300 g/mol. The molecular weight excluding hydrogens is 276 g/mol. The van der Waals surface area contributed by atoms with E-state index in [1.54, 1.807) is 10.9 Å². The molecule has 0 bridgehead atoms. The number of nitrogens with two attached hydrogens (primary N) is 1. The van der Waals surface area contributed by atoms with E-state index in [1.807, 2.05) is 37.4 Å². The van der Waals surface area contributed by atoms with Crippen LogP contribution in [0.4, 0.5) is 0 Å². The third-order valence-electron chi connectivity index (χ3n) is 3.63. The summed E-state index contributed by atoms with van der Waals surface area (Å²) < 4.78 is 1.79. The van der Waals surface area contributed by atoms with Crippen molar-refractivity contribution in [1.82, 2.24) is 15.1 Å². The number of rotatable bonds is 7. The van der Waals surface area contributed by atoms with E-state index in [4.69, 9.17) is 5.73 Å². The molecule has 22 heavy (non-hydrogen) atoms. The Hall–Kier alpha value is -2.14. The summed E-state index contributed by atoms with van der Waals surface area (Å²) in [6.07, 6.45) is 6.85. The van der Waals surface area contributed by atoms with Crippen molar-refractivity contribution >= 4 is 5.91 Å². The molecule has 2 aromatic rings. The average Bonchev–Trinajstić information content (AvgIpc) is 2.98. The van der Waals surface area contributed by atoms with Gasteiger partial charge in [0.15, 0.2) is 0 Å². The first-order valence-electron chi connectivity index (χ1n) is 7.76. The number of carbonyl (C=O) groups excluding carboxylic acids is 1. The summed E-state index contributed by atoms with van der Waals surface area (Å²) in [6, 6.07) is 7.46. The number of amides is 1. The fraction of sp³-hybridized carbons (Fsp3) is 0.412. The molecule has 0 saturated heterocycles. The Bertz CT molecular complexity index is 603. The molecule has 0 radical (unpaired) electrons. The van der Waals surface area contributed by atoms with Gasteiger partial charge in [0.2, 0.25) is 0 Å². The third-order valence-corrected chi connectivity index (χ3v) is 3.63. The summed E-state index contributed by atoms with van der Waals surface area (Å²) in [7, 11) is 0. The van der Waals surface area contributed by atoms with E-state index in [0.29, 0.717) is 12.1 Å². The lowest BCUT2D eigenvalue weighted by molar-refractivity contribution is 0.0936. The highest BCUT2D eigenvalue weighted by Crippen LogP contribution is 2.10. The van der Waals surface area contributed by atoms with Crippen LogP contribution in [0.15, 0.2) is 36.7 Å². The van der Waals surface area contributed by atoms with Crippen molar-refractivity contribution in [3.8, 4) is 5.69 Å². The Morgan fingerprint density at radius 3 is 2.64 bits per heavy atom. The lowest BCUT2D eigenvalue weighted by Gasteiger charge is -2.16. The van der Waals surface area contributed by atoms with Crippen molar-refractivity contribution < 1.29 is 4.79 Å². The van der Waals surface area contributed by atoms with Gasteiger partial charge in [-0.05, 0) is 43.2 Å². The minimum Gasteiger partial charge on any atom is -0.348 e. The van der Waals surface area contributed by atoms with Crippen molar-refractivity contribution in [2.75, 3.05) is 6.54 Å². The van der Waals surface area contributed by atoms with E-state index < -0.39 is 0 Å². The fourth-order valence-electron chi connectivity index (χ4n) is 2.29. The van der Waals surface area contributed by atoms with Crippen LogP contribution < -0.4 is 11.1 Å². The quantitative estimate of drug-likeness (QED) is 0.825. The van der Waals surface area contributed by atoms with E-state index in [2.05, 4.69) is 17.3 Å². The second-order valence-corrected chi connectivity index (χ2v) is 5.56. The highest BCUT2D eigenvalue weighted by atomic mass is 16.1. The van der Waals surface area contributed by atoms with E-state index >= 15 is 0 Å². The standard InChI is InChI=1S/C17H24N4O/c1-3-4-5-15(10-18)20-17(22)14-6-8-16(9-7-14)21-12-13(2)11-19-21/h6-9,11-12,15H,3-5,10,18H2,1-2H3,(H,20,22). The predicted octanol–water partition coefficient (Wildman–Crippen LogP) is 2.43. The molecule has 1 amide bonds. The van der Waals surface area contributed by atoms with Crippen LogP contribution in [0, 0.1) is 6.92 Å². The Balaban J connectivity index is 2.01. The molecule has 2 rings (SSSR count). The van der Waals surface area contributed by atoms with Gasteiger partial charge in [-0.15, -0.1) is 0 Å². The van der Waals surface area contributed by atoms with Crippen LogP contribution in [0.5, 0.6) is 0 Å². The van der Waals surface area contributed by atoms with Crippen LogP contribution in [-0.4, -0.2) is 28.3 Å². The molecule has 0 aliphatic heterocycles. The Morgan fingerprint density at radius 2 is 2.09 bits per heavy atom. The van der Waals surface area contributed by atoms with Crippen molar-refractivity contribution in [2.24, 2.45) is 5.73 Å². The van der Waals surface area contributed by atoms with Gasteiger partial charge < -0.3 is 11.1 Å². The number of hydrogen-bond acceptors (Lipinski definition) is 3. The summed E-state index contributed by atoms with van der Waals surface area (Å²) in [6.45, 7) is 4.59. The van der Waals surface area contributed by atoms with Crippen LogP contribution >= 0.6 is 0 Å². The monoisotopic (exact) mass is 300 g/mol. The SMILES string of the molecule is CCCCC(CN)NC(=O)c1ccc(-n2cc(C)cn2)cc1. The Kier molecular flexibility index (Phi) is 5.72. The van der Waals surface area contributed by atoms with Crippen LogP contribution in [0.2, 0.25) is 0 Å². The molecule has 1 aromatic carbocycles. The van der Waals surface area contributed by atoms with Gasteiger partial charge >= 0.3 is 0 Å². The normalized spacial score (nSPS) is 12.1. The number of hydrogen-bond donors (Lipinski definition) is 2. The maximum absolute atomic E-state index is 12.2. The van der Waals surface area contributed by atoms with Gasteiger partial charge in [0.05, 0.1) is 11.9 Å². The molecule has 5 heteroatoms. The molecule has 1 unspecified atom stereocenters. The first-order chi connectivity index (χ1) is 10.6. The van der Waals surface area contributed by atoms with Gasteiger partial charge in [0.25, 0.3) is 5.91 Å². The first kappa shape index (κ1) is 16.2. The number of aryl methyl sites for hydroxylation is 1. The minimum atomic E-state index is -0.0743. The molecule has 0 saturated carbocycles. The molecule has 1 heterocycles. The summed E-state index contributed by atoms with van der Waals surface area (Å²) in [5, 5.41) is 7.25. The Morgan fingerprint density at radius 1 is 1.36 bits per heavy atom. The maximum atomic E-state index is 12.2. The predicted molar refractivity (Wildman–Crippen MR) is 88.1 cm³/mol. The topological polar surface area (TPSA) is 72.9 Å². The number of nitrogens with zero attached hydrogens (tertiary/aromatic N) is 2. The number of aromatic nitrogens is 2. The summed E-state index contributed by atoms with van der Waals surface area (Å²) in [5.41, 5.74) is 8.39. The zero-order chi connectivity index (χ0) is 15.9. The maximum Gasteiger partial charge on any atom is 0.251 e. The molecule has 1 aromatic heterocycles. The van der Waals surface area contributed by atoms with Crippen LogP contribution in [0.1, 0.15) is 42.1 Å². The zero-order valence-electron chi connectivity index (χ0n) is 13.2. The van der Waals surface area contributed by atoms with Gasteiger partial charge in [0.1, 0.15) is 0 Å². The number of carbonyl (C=O) groups is 1. The summed E-state index contributed by atoms with van der Waals surface area (Å²) in [4.78, 5) is 12.2.